The smallest absolute Gasteiger partial charge is 0.387 e. The number of benzene rings is 2. The quantitative estimate of drug-likeness (QED) is 0.741. The number of nitrogens with one attached hydrogen (secondary N) is 2. The molecule has 0 aromatic heterocycles. The zero-order chi connectivity index (χ0) is 21.2. The molecule has 9 heteroatoms. The second-order valence-electron chi connectivity index (χ2n) is 7.23. The number of piperazine rings is 1. The van der Waals surface area contributed by atoms with E-state index in [1.165, 1.54) is 18.2 Å². The highest BCUT2D eigenvalue weighted by Crippen LogP contribution is 2.31. The molecule has 2 aromatic carbocycles. The average Bonchev–Trinajstić information content (AvgIpc) is 2.63. The first-order chi connectivity index (χ1) is 13.7. The first kappa shape index (κ1) is 21.3. The number of nitrogens with zero attached hydrogens (tertiary/aromatic N) is 1. The zero-order valence-corrected chi connectivity index (χ0v) is 17.4. The number of rotatable bonds is 6. The van der Waals surface area contributed by atoms with Crippen LogP contribution in [0.5, 0.6) is 5.75 Å². The van der Waals surface area contributed by atoms with E-state index in [9.17, 15) is 17.2 Å². The van der Waals surface area contributed by atoms with Crippen LogP contribution in [0.25, 0.3) is 0 Å². The fraction of sp³-hybridized carbons (Fsp3) is 0.400. The molecule has 1 saturated heterocycles. The number of hydrogen-bond donors (Lipinski definition) is 2. The van der Waals surface area contributed by atoms with Gasteiger partial charge in [0, 0.05) is 31.4 Å². The maximum absolute atomic E-state index is 13.0. The molecule has 2 N–H and O–H groups in total. The normalized spacial score (nSPS) is 17.4. The first-order valence-corrected chi connectivity index (χ1v) is 10.8. The third kappa shape index (κ3) is 5.16. The molecule has 1 aliphatic rings. The van der Waals surface area contributed by atoms with Crippen molar-refractivity contribution in [1.82, 2.24) is 5.32 Å². The minimum Gasteiger partial charge on any atom is -0.433 e. The molecule has 1 fully saturated rings. The molecule has 158 valence electrons. The third-order valence-corrected chi connectivity index (χ3v) is 6.16. The van der Waals surface area contributed by atoms with Crippen molar-refractivity contribution in [3.05, 3.63) is 47.5 Å². The van der Waals surface area contributed by atoms with E-state index in [2.05, 4.69) is 26.6 Å². The highest BCUT2D eigenvalue weighted by atomic mass is 32.2. The van der Waals surface area contributed by atoms with Crippen LogP contribution in [0.3, 0.4) is 0 Å². The fourth-order valence-electron chi connectivity index (χ4n) is 3.37. The van der Waals surface area contributed by atoms with Gasteiger partial charge in [0.1, 0.15) is 5.75 Å². The van der Waals surface area contributed by atoms with Gasteiger partial charge in [-0.05, 0) is 56.2 Å². The summed E-state index contributed by atoms with van der Waals surface area (Å²) in [5, 5.41) is 3.36. The van der Waals surface area contributed by atoms with Gasteiger partial charge in [0.15, 0.2) is 0 Å². The summed E-state index contributed by atoms with van der Waals surface area (Å²) < 4.78 is 58.2. The number of hydrogen-bond acceptors (Lipinski definition) is 5. The lowest BCUT2D eigenvalue weighted by molar-refractivity contribution is -0.0493. The summed E-state index contributed by atoms with van der Waals surface area (Å²) in [6, 6.07) is 9.54. The maximum atomic E-state index is 13.0. The SMILES string of the molecule is Cc1ccc(OC(F)F)c(NS(=O)(=O)c2ccc(C)c(N3CCN[C@@H](C)C3)c2)c1. The van der Waals surface area contributed by atoms with Gasteiger partial charge < -0.3 is 15.0 Å². The van der Waals surface area contributed by atoms with Crippen molar-refractivity contribution in [3.8, 4) is 5.75 Å². The monoisotopic (exact) mass is 425 g/mol. The van der Waals surface area contributed by atoms with Crippen molar-refractivity contribution in [2.75, 3.05) is 29.3 Å². The van der Waals surface area contributed by atoms with Crippen LogP contribution in [0.4, 0.5) is 20.2 Å². The van der Waals surface area contributed by atoms with Crippen LogP contribution in [0.2, 0.25) is 0 Å². The molecule has 0 amide bonds. The lowest BCUT2D eigenvalue weighted by Gasteiger charge is -2.34. The summed E-state index contributed by atoms with van der Waals surface area (Å²) in [7, 11) is -4.00. The van der Waals surface area contributed by atoms with Gasteiger partial charge in [0.25, 0.3) is 10.0 Å². The fourth-order valence-corrected chi connectivity index (χ4v) is 4.46. The van der Waals surface area contributed by atoms with Gasteiger partial charge in [-0.25, -0.2) is 8.42 Å². The highest BCUT2D eigenvalue weighted by molar-refractivity contribution is 7.92. The maximum Gasteiger partial charge on any atom is 0.387 e. The highest BCUT2D eigenvalue weighted by Gasteiger charge is 2.22. The number of sulfonamides is 1. The largest absolute Gasteiger partial charge is 0.433 e. The number of ether oxygens (including phenoxy) is 1. The van der Waals surface area contributed by atoms with E-state index in [4.69, 9.17) is 0 Å². The van der Waals surface area contributed by atoms with Crippen LogP contribution in [-0.4, -0.2) is 40.7 Å². The Hall–Kier alpha value is -2.39. The molecule has 3 rings (SSSR count). The molecular formula is C20H25F2N3O3S. The topological polar surface area (TPSA) is 70.7 Å². The molecule has 0 bridgehead atoms. The van der Waals surface area contributed by atoms with Crippen molar-refractivity contribution < 1.29 is 21.9 Å². The molecule has 1 atom stereocenters. The molecule has 6 nitrogen and oxygen atoms in total. The zero-order valence-electron chi connectivity index (χ0n) is 16.6. The van der Waals surface area contributed by atoms with Crippen molar-refractivity contribution in [1.29, 1.82) is 0 Å². The van der Waals surface area contributed by atoms with E-state index in [0.717, 1.165) is 30.9 Å². The molecule has 2 aromatic rings. The number of halogens is 2. The molecule has 0 aliphatic carbocycles. The Balaban J connectivity index is 1.92. The van der Waals surface area contributed by atoms with Gasteiger partial charge in [-0.1, -0.05) is 12.1 Å². The van der Waals surface area contributed by atoms with Crippen LogP contribution in [0.15, 0.2) is 41.3 Å². The van der Waals surface area contributed by atoms with E-state index in [1.54, 1.807) is 25.1 Å². The van der Waals surface area contributed by atoms with E-state index >= 15 is 0 Å². The van der Waals surface area contributed by atoms with Gasteiger partial charge in [0.2, 0.25) is 0 Å². The van der Waals surface area contributed by atoms with E-state index in [-0.39, 0.29) is 16.3 Å². The van der Waals surface area contributed by atoms with Crippen molar-refractivity contribution in [2.45, 2.75) is 38.3 Å². The van der Waals surface area contributed by atoms with Gasteiger partial charge >= 0.3 is 6.61 Å². The Morgan fingerprint density at radius 1 is 1.21 bits per heavy atom. The Labute approximate surface area is 169 Å². The first-order valence-electron chi connectivity index (χ1n) is 9.33. The van der Waals surface area contributed by atoms with Crippen LogP contribution >= 0.6 is 0 Å². The predicted octanol–water partition coefficient (Wildman–Crippen LogP) is 3.50. The summed E-state index contributed by atoms with van der Waals surface area (Å²) in [6.45, 7) is 5.04. The van der Waals surface area contributed by atoms with Crippen LogP contribution < -0.4 is 19.7 Å². The number of alkyl halides is 2. The van der Waals surface area contributed by atoms with Gasteiger partial charge in [-0.15, -0.1) is 0 Å². The summed E-state index contributed by atoms with van der Waals surface area (Å²) >= 11 is 0. The van der Waals surface area contributed by atoms with Crippen LogP contribution in [-0.2, 0) is 10.0 Å². The summed E-state index contributed by atoms with van der Waals surface area (Å²) in [5.74, 6) is -0.225. The van der Waals surface area contributed by atoms with Crippen molar-refractivity contribution in [2.24, 2.45) is 0 Å². The molecule has 1 aliphatic heterocycles. The van der Waals surface area contributed by atoms with Gasteiger partial charge in [-0.2, -0.15) is 8.78 Å². The van der Waals surface area contributed by atoms with Crippen LogP contribution in [0, 0.1) is 13.8 Å². The third-order valence-electron chi connectivity index (χ3n) is 4.80. The minimum absolute atomic E-state index is 0.0248. The predicted molar refractivity (Wildman–Crippen MR) is 109 cm³/mol. The molecule has 0 spiro atoms. The van der Waals surface area contributed by atoms with Crippen molar-refractivity contribution >= 4 is 21.4 Å². The molecule has 29 heavy (non-hydrogen) atoms. The average molecular weight is 426 g/mol. The molecule has 0 saturated carbocycles. The van der Waals surface area contributed by atoms with Crippen molar-refractivity contribution in [3.63, 3.8) is 0 Å². The second-order valence-corrected chi connectivity index (χ2v) is 8.92. The molecular weight excluding hydrogens is 400 g/mol. The molecule has 0 radical (unpaired) electrons. The number of aryl methyl sites for hydroxylation is 2. The van der Waals surface area contributed by atoms with Gasteiger partial charge in [-0.3, -0.25) is 4.72 Å². The Morgan fingerprint density at radius 2 is 1.97 bits per heavy atom. The Bertz CT molecular complexity index is 983. The summed E-state index contributed by atoms with van der Waals surface area (Å²) in [4.78, 5) is 2.21. The summed E-state index contributed by atoms with van der Waals surface area (Å²) in [5.41, 5.74) is 2.50. The lowest BCUT2D eigenvalue weighted by Crippen LogP contribution is -2.49. The van der Waals surface area contributed by atoms with E-state index in [1.807, 2.05) is 6.92 Å². The lowest BCUT2D eigenvalue weighted by atomic mass is 10.1. The summed E-state index contributed by atoms with van der Waals surface area (Å²) in [6.07, 6.45) is 0. The second kappa shape index (κ2) is 8.54. The van der Waals surface area contributed by atoms with Gasteiger partial charge in [0.05, 0.1) is 10.6 Å². The Morgan fingerprint density at radius 3 is 2.66 bits per heavy atom. The standard InChI is InChI=1S/C20H25F2N3O3S/c1-13-4-7-19(28-20(21)22)17(10-13)24-29(26,27)16-6-5-14(2)18(11-16)25-9-8-23-15(3)12-25/h4-7,10-11,15,20,23-24H,8-9,12H2,1-3H3/t15-/m0/s1. The van der Waals surface area contributed by atoms with Crippen LogP contribution in [0.1, 0.15) is 18.1 Å². The number of anilines is 2. The van der Waals surface area contributed by atoms with E-state index < -0.39 is 16.6 Å². The molecule has 1 heterocycles. The minimum atomic E-state index is -4.00. The Kier molecular flexibility index (Phi) is 6.28. The molecule has 0 unspecified atom stereocenters. The van der Waals surface area contributed by atoms with E-state index in [0.29, 0.717) is 11.6 Å².